The predicted octanol–water partition coefficient (Wildman–Crippen LogP) is 2.46. The summed E-state index contributed by atoms with van der Waals surface area (Å²) in [5.74, 6) is -0.299. The summed E-state index contributed by atoms with van der Waals surface area (Å²) in [6.07, 6.45) is 0.632. The highest BCUT2D eigenvalue weighted by molar-refractivity contribution is 6.36. The van der Waals surface area contributed by atoms with Crippen LogP contribution in [-0.2, 0) is 6.42 Å². The van der Waals surface area contributed by atoms with Gasteiger partial charge in [-0.05, 0) is 18.7 Å². The number of nitrogens with one attached hydrogen (secondary N) is 1. The number of hydrogen-bond donors (Lipinski definition) is 2. The van der Waals surface area contributed by atoms with Crippen LogP contribution in [0.5, 0.6) is 0 Å². The van der Waals surface area contributed by atoms with Crippen LogP contribution in [0.15, 0.2) is 18.2 Å². The van der Waals surface area contributed by atoms with Crippen LogP contribution in [0.1, 0.15) is 5.69 Å². The Labute approximate surface area is 85.9 Å². The second-order valence-corrected chi connectivity index (χ2v) is 3.50. The van der Waals surface area contributed by atoms with E-state index >= 15 is 0 Å². The Kier molecular flexibility index (Phi) is 2.44. The first-order valence-electron chi connectivity index (χ1n) is 4.38. The summed E-state index contributed by atoms with van der Waals surface area (Å²) in [5.41, 5.74) is 6.94. The number of H-pyrrole nitrogens is 1. The monoisotopic (exact) mass is 212 g/mol. The largest absolute Gasteiger partial charge is 0.357 e. The van der Waals surface area contributed by atoms with Crippen molar-refractivity contribution < 1.29 is 4.39 Å². The first kappa shape index (κ1) is 9.49. The lowest BCUT2D eigenvalue weighted by atomic mass is 10.2. The van der Waals surface area contributed by atoms with Crippen LogP contribution in [-0.4, -0.2) is 11.5 Å². The molecule has 2 nitrogen and oxygen atoms in total. The number of rotatable bonds is 2. The zero-order valence-corrected chi connectivity index (χ0v) is 8.24. The molecular formula is C10H10ClFN2. The van der Waals surface area contributed by atoms with Gasteiger partial charge >= 0.3 is 0 Å². The average molecular weight is 213 g/mol. The molecule has 0 fully saturated rings. The average Bonchev–Trinajstić information content (AvgIpc) is 2.46. The number of hydrogen-bond acceptors (Lipinski definition) is 1. The van der Waals surface area contributed by atoms with Gasteiger partial charge in [-0.3, -0.25) is 0 Å². The summed E-state index contributed by atoms with van der Waals surface area (Å²) in [5, 5.41) is 0.904. The van der Waals surface area contributed by atoms with E-state index in [-0.39, 0.29) is 5.82 Å². The Morgan fingerprint density at radius 1 is 1.43 bits per heavy atom. The molecule has 0 amide bonds. The molecule has 1 aromatic carbocycles. The van der Waals surface area contributed by atoms with Gasteiger partial charge in [-0.25, -0.2) is 4.39 Å². The molecule has 4 heteroatoms. The Morgan fingerprint density at radius 3 is 2.86 bits per heavy atom. The van der Waals surface area contributed by atoms with E-state index in [0.717, 1.165) is 11.2 Å². The highest BCUT2D eigenvalue weighted by Crippen LogP contribution is 2.29. The van der Waals surface area contributed by atoms with Gasteiger partial charge in [-0.15, -0.1) is 0 Å². The molecule has 0 aliphatic rings. The van der Waals surface area contributed by atoms with Gasteiger partial charge < -0.3 is 10.7 Å². The third-order valence-corrected chi connectivity index (χ3v) is 2.60. The minimum Gasteiger partial charge on any atom is -0.357 e. The molecule has 0 radical (unpaired) electrons. The predicted molar refractivity (Wildman–Crippen MR) is 56.0 cm³/mol. The van der Waals surface area contributed by atoms with E-state index < -0.39 is 0 Å². The summed E-state index contributed by atoms with van der Waals surface area (Å²) in [6, 6.07) is 4.84. The van der Waals surface area contributed by atoms with E-state index in [1.165, 1.54) is 6.07 Å². The van der Waals surface area contributed by atoms with Gasteiger partial charge in [0.1, 0.15) is 5.82 Å². The maximum atomic E-state index is 13.4. The number of benzene rings is 1. The Hall–Kier alpha value is -1.06. The molecule has 0 spiro atoms. The number of nitrogens with two attached hydrogens (primary N) is 1. The highest BCUT2D eigenvalue weighted by atomic mass is 35.5. The minimum atomic E-state index is -0.299. The van der Waals surface area contributed by atoms with Gasteiger partial charge in [0, 0.05) is 12.1 Å². The molecule has 2 aromatic rings. The van der Waals surface area contributed by atoms with Crippen molar-refractivity contribution in [2.24, 2.45) is 5.73 Å². The quantitative estimate of drug-likeness (QED) is 0.789. The van der Waals surface area contributed by atoms with Crippen LogP contribution in [0.4, 0.5) is 4.39 Å². The molecule has 0 saturated heterocycles. The maximum absolute atomic E-state index is 13.4. The van der Waals surface area contributed by atoms with Gasteiger partial charge in [0.25, 0.3) is 0 Å². The molecule has 74 valence electrons. The Morgan fingerprint density at radius 2 is 2.21 bits per heavy atom. The molecule has 0 bridgehead atoms. The molecule has 0 aliphatic heterocycles. The number of aromatic nitrogens is 1. The fourth-order valence-corrected chi connectivity index (χ4v) is 1.87. The first-order chi connectivity index (χ1) is 6.74. The fraction of sp³-hybridized carbons (Fsp3) is 0.200. The van der Waals surface area contributed by atoms with E-state index in [1.807, 2.05) is 0 Å². The first-order valence-corrected chi connectivity index (χ1v) is 4.76. The molecule has 1 heterocycles. The van der Waals surface area contributed by atoms with Crippen molar-refractivity contribution in [3.05, 3.63) is 34.7 Å². The third kappa shape index (κ3) is 1.38. The lowest BCUT2D eigenvalue weighted by molar-refractivity contribution is 0.640. The van der Waals surface area contributed by atoms with Crippen molar-refractivity contribution >= 4 is 22.5 Å². The summed E-state index contributed by atoms with van der Waals surface area (Å²) in [7, 11) is 0. The van der Waals surface area contributed by atoms with Gasteiger partial charge in [-0.1, -0.05) is 17.7 Å². The van der Waals surface area contributed by atoms with Gasteiger partial charge in [-0.2, -0.15) is 0 Å². The molecule has 1 aromatic heterocycles. The van der Waals surface area contributed by atoms with Crippen molar-refractivity contribution in [1.29, 1.82) is 0 Å². The SMILES string of the molecule is NCCc1[nH]c2cccc(F)c2c1Cl. The Balaban J connectivity index is 2.68. The van der Waals surface area contributed by atoms with Gasteiger partial charge in [0.05, 0.1) is 15.9 Å². The van der Waals surface area contributed by atoms with Crippen LogP contribution >= 0.6 is 11.6 Å². The van der Waals surface area contributed by atoms with Crippen LogP contribution in [0.3, 0.4) is 0 Å². The van der Waals surface area contributed by atoms with Crippen molar-refractivity contribution in [3.63, 3.8) is 0 Å². The van der Waals surface area contributed by atoms with E-state index in [0.29, 0.717) is 23.4 Å². The second-order valence-electron chi connectivity index (χ2n) is 3.12. The van der Waals surface area contributed by atoms with Gasteiger partial charge in [0.15, 0.2) is 0 Å². The molecular weight excluding hydrogens is 203 g/mol. The van der Waals surface area contributed by atoms with Crippen molar-refractivity contribution in [1.82, 2.24) is 4.98 Å². The van der Waals surface area contributed by atoms with Crippen molar-refractivity contribution in [2.45, 2.75) is 6.42 Å². The van der Waals surface area contributed by atoms with E-state index in [4.69, 9.17) is 17.3 Å². The van der Waals surface area contributed by atoms with E-state index in [2.05, 4.69) is 4.98 Å². The van der Waals surface area contributed by atoms with Crippen LogP contribution in [0.2, 0.25) is 5.02 Å². The van der Waals surface area contributed by atoms with Crippen LogP contribution in [0, 0.1) is 5.82 Å². The zero-order chi connectivity index (χ0) is 10.1. The molecule has 3 N–H and O–H groups in total. The normalized spacial score (nSPS) is 11.1. The molecule has 14 heavy (non-hydrogen) atoms. The van der Waals surface area contributed by atoms with Crippen LogP contribution in [0.25, 0.3) is 10.9 Å². The van der Waals surface area contributed by atoms with Crippen molar-refractivity contribution in [2.75, 3.05) is 6.54 Å². The second kappa shape index (κ2) is 3.59. The highest BCUT2D eigenvalue weighted by Gasteiger charge is 2.11. The molecule has 0 unspecified atom stereocenters. The number of fused-ring (bicyclic) bond motifs is 1. The van der Waals surface area contributed by atoms with E-state index in [1.54, 1.807) is 12.1 Å². The molecule has 0 aliphatic carbocycles. The maximum Gasteiger partial charge on any atom is 0.134 e. The lowest BCUT2D eigenvalue weighted by Crippen LogP contribution is -2.02. The topological polar surface area (TPSA) is 41.8 Å². The Bertz CT molecular complexity index is 464. The smallest absolute Gasteiger partial charge is 0.134 e. The van der Waals surface area contributed by atoms with Crippen molar-refractivity contribution in [3.8, 4) is 0 Å². The van der Waals surface area contributed by atoms with E-state index in [9.17, 15) is 4.39 Å². The minimum absolute atomic E-state index is 0.299. The zero-order valence-electron chi connectivity index (χ0n) is 7.48. The number of halogens is 2. The third-order valence-electron chi connectivity index (χ3n) is 2.18. The van der Waals surface area contributed by atoms with Crippen LogP contribution < -0.4 is 5.73 Å². The molecule has 0 saturated carbocycles. The number of aromatic amines is 1. The summed E-state index contributed by atoms with van der Waals surface area (Å²) in [4.78, 5) is 3.05. The molecule has 2 rings (SSSR count). The molecule has 0 atom stereocenters. The standard InChI is InChI=1S/C10H10ClFN2/c11-10-8(4-5-13)14-7-3-1-2-6(12)9(7)10/h1-3,14H,4-5,13H2. The summed E-state index contributed by atoms with van der Waals surface area (Å²) in [6.45, 7) is 0.494. The summed E-state index contributed by atoms with van der Waals surface area (Å²) < 4.78 is 13.4. The summed E-state index contributed by atoms with van der Waals surface area (Å²) >= 11 is 6.01. The van der Waals surface area contributed by atoms with Gasteiger partial charge in [0.2, 0.25) is 0 Å². The fourth-order valence-electron chi connectivity index (χ4n) is 1.54. The lowest BCUT2D eigenvalue weighted by Gasteiger charge is -1.93.